The molecule has 1 saturated carbocycles. The number of nitrogens with two attached hydrogens (primary N) is 1. The lowest BCUT2D eigenvalue weighted by molar-refractivity contribution is 0.240. The summed E-state index contributed by atoms with van der Waals surface area (Å²) in [5.74, 6) is -1.92. The topological polar surface area (TPSA) is 66.5 Å². The number of hydrogen-bond donors (Lipinski definition) is 3. The molecule has 0 bridgehead atoms. The Morgan fingerprint density at radius 3 is 2.44 bits per heavy atom. The summed E-state index contributed by atoms with van der Waals surface area (Å²) in [6.45, 7) is 0.379. The second kappa shape index (κ2) is 3.89. The highest BCUT2D eigenvalue weighted by atomic mass is 79.9. The van der Waals surface area contributed by atoms with Crippen LogP contribution in [0.25, 0.3) is 0 Å². The highest BCUT2D eigenvalue weighted by Gasteiger charge is 2.41. The second-order valence-electron chi connectivity index (χ2n) is 4.25. The summed E-state index contributed by atoms with van der Waals surface area (Å²) >= 11 is 3.22. The van der Waals surface area contributed by atoms with Gasteiger partial charge in [0.2, 0.25) is 0 Å². The highest BCUT2D eigenvalue weighted by Crippen LogP contribution is 2.51. The molecule has 0 aliphatic heterocycles. The van der Waals surface area contributed by atoms with E-state index < -0.39 is 17.3 Å². The van der Waals surface area contributed by atoms with Crippen LogP contribution in [0.3, 0.4) is 0 Å². The second-order valence-corrected chi connectivity index (χ2v) is 5.10. The molecule has 0 spiro atoms. The maximum Gasteiger partial charge on any atom is 0.194 e. The molecule has 4 N–H and O–H groups in total. The Morgan fingerprint density at radius 1 is 1.38 bits per heavy atom. The van der Waals surface area contributed by atoms with E-state index in [1.807, 2.05) is 0 Å². The van der Waals surface area contributed by atoms with Gasteiger partial charge >= 0.3 is 0 Å². The summed E-state index contributed by atoms with van der Waals surface area (Å²) in [4.78, 5) is 0. The van der Waals surface area contributed by atoms with Crippen LogP contribution in [0.2, 0.25) is 0 Å². The zero-order chi connectivity index (χ0) is 11.9. The monoisotopic (exact) mass is 289 g/mol. The van der Waals surface area contributed by atoms with Crippen LogP contribution in [0.1, 0.15) is 24.8 Å². The van der Waals surface area contributed by atoms with E-state index in [0.29, 0.717) is 16.6 Å². The van der Waals surface area contributed by atoms with E-state index in [4.69, 9.17) is 5.73 Å². The first-order chi connectivity index (χ1) is 7.52. The van der Waals surface area contributed by atoms with Crippen molar-refractivity contribution in [2.24, 2.45) is 5.73 Å². The molecule has 1 fully saturated rings. The lowest BCUT2D eigenvalue weighted by atomic mass is 9.64. The summed E-state index contributed by atoms with van der Waals surface area (Å²) in [5, 5.41) is 19.2. The SMILES string of the molecule is NCC1(c2c(Br)cc(F)c(O)c2O)CCC1. The fourth-order valence-corrected chi connectivity index (χ4v) is 3.07. The number of benzene rings is 1. The van der Waals surface area contributed by atoms with Gasteiger partial charge in [0, 0.05) is 22.0 Å². The molecule has 0 aromatic heterocycles. The molecule has 0 saturated heterocycles. The maximum atomic E-state index is 13.2. The number of hydrogen-bond acceptors (Lipinski definition) is 3. The Labute approximate surface area is 101 Å². The molecule has 0 unspecified atom stereocenters. The van der Waals surface area contributed by atoms with Gasteiger partial charge in [0.25, 0.3) is 0 Å². The molecule has 1 aliphatic carbocycles. The van der Waals surface area contributed by atoms with Crippen LogP contribution < -0.4 is 5.73 Å². The smallest absolute Gasteiger partial charge is 0.194 e. The summed E-state index contributed by atoms with van der Waals surface area (Å²) in [5.41, 5.74) is 5.92. The predicted octanol–water partition coefficient (Wildman–Crippen LogP) is 2.38. The van der Waals surface area contributed by atoms with Crippen LogP contribution in [-0.2, 0) is 5.41 Å². The Kier molecular flexibility index (Phi) is 2.84. The molecule has 5 heteroatoms. The molecular formula is C11H13BrFNO2. The average Bonchev–Trinajstić information content (AvgIpc) is 2.18. The first kappa shape index (κ1) is 11.7. The maximum absolute atomic E-state index is 13.2. The third-order valence-electron chi connectivity index (χ3n) is 3.41. The van der Waals surface area contributed by atoms with Crippen molar-refractivity contribution < 1.29 is 14.6 Å². The Hall–Kier alpha value is -0.810. The quantitative estimate of drug-likeness (QED) is 0.733. The van der Waals surface area contributed by atoms with Crippen molar-refractivity contribution in [3.63, 3.8) is 0 Å². The lowest BCUT2D eigenvalue weighted by Crippen LogP contribution is -2.41. The van der Waals surface area contributed by atoms with E-state index in [1.165, 1.54) is 6.07 Å². The van der Waals surface area contributed by atoms with Gasteiger partial charge in [0.1, 0.15) is 0 Å². The predicted molar refractivity (Wildman–Crippen MR) is 62.0 cm³/mol. The van der Waals surface area contributed by atoms with Crippen LogP contribution in [-0.4, -0.2) is 16.8 Å². The third kappa shape index (κ3) is 1.50. The van der Waals surface area contributed by atoms with Crippen molar-refractivity contribution in [3.05, 3.63) is 21.9 Å². The molecule has 0 heterocycles. The number of halogens is 2. The standard InChI is InChI=1S/C11H13BrFNO2/c12-6-4-7(13)9(15)10(16)8(6)11(5-14)2-1-3-11/h4,15-16H,1-3,5,14H2. The van der Waals surface area contributed by atoms with E-state index in [0.717, 1.165) is 19.3 Å². The van der Waals surface area contributed by atoms with Crippen molar-refractivity contribution in [2.75, 3.05) is 6.54 Å². The molecule has 16 heavy (non-hydrogen) atoms. The number of phenolic OH excluding ortho intramolecular Hbond substituents is 2. The average molecular weight is 290 g/mol. The van der Waals surface area contributed by atoms with Crippen molar-refractivity contribution >= 4 is 15.9 Å². The largest absolute Gasteiger partial charge is 0.504 e. The van der Waals surface area contributed by atoms with Gasteiger partial charge in [-0.05, 0) is 18.9 Å². The summed E-state index contributed by atoms with van der Waals surface area (Å²) in [6, 6.07) is 1.17. The van der Waals surface area contributed by atoms with Crippen LogP contribution >= 0.6 is 15.9 Å². The number of rotatable bonds is 2. The Bertz CT molecular complexity index is 427. The van der Waals surface area contributed by atoms with E-state index >= 15 is 0 Å². The minimum Gasteiger partial charge on any atom is -0.504 e. The van der Waals surface area contributed by atoms with Crippen LogP contribution in [0.4, 0.5) is 4.39 Å². The van der Waals surface area contributed by atoms with Gasteiger partial charge in [-0.2, -0.15) is 0 Å². The normalized spacial score (nSPS) is 18.2. The van der Waals surface area contributed by atoms with Gasteiger partial charge in [-0.1, -0.05) is 22.4 Å². The van der Waals surface area contributed by atoms with E-state index in [-0.39, 0.29) is 5.41 Å². The molecular weight excluding hydrogens is 277 g/mol. The Morgan fingerprint density at radius 2 is 2.00 bits per heavy atom. The van der Waals surface area contributed by atoms with Gasteiger partial charge < -0.3 is 15.9 Å². The zero-order valence-corrected chi connectivity index (χ0v) is 10.2. The third-order valence-corrected chi connectivity index (χ3v) is 4.04. The lowest BCUT2D eigenvalue weighted by Gasteiger charge is -2.42. The molecule has 2 rings (SSSR count). The van der Waals surface area contributed by atoms with Crippen molar-refractivity contribution in [1.29, 1.82) is 0 Å². The highest BCUT2D eigenvalue weighted by molar-refractivity contribution is 9.10. The molecule has 1 aliphatic rings. The van der Waals surface area contributed by atoms with Gasteiger partial charge in [-0.3, -0.25) is 0 Å². The summed E-state index contributed by atoms with van der Waals surface area (Å²) in [6.07, 6.45) is 2.72. The van der Waals surface area contributed by atoms with Gasteiger partial charge in [0.05, 0.1) is 0 Å². The number of aromatic hydroxyl groups is 2. The fourth-order valence-electron chi connectivity index (χ4n) is 2.26. The van der Waals surface area contributed by atoms with Crippen LogP contribution in [0.15, 0.2) is 10.5 Å². The zero-order valence-electron chi connectivity index (χ0n) is 8.63. The fraction of sp³-hybridized carbons (Fsp3) is 0.455. The molecule has 3 nitrogen and oxygen atoms in total. The molecule has 1 aromatic carbocycles. The minimum absolute atomic E-state index is 0.325. The van der Waals surface area contributed by atoms with Gasteiger partial charge in [-0.25, -0.2) is 4.39 Å². The van der Waals surface area contributed by atoms with E-state index in [2.05, 4.69) is 15.9 Å². The van der Waals surface area contributed by atoms with Gasteiger partial charge in [-0.15, -0.1) is 0 Å². The molecule has 0 atom stereocenters. The van der Waals surface area contributed by atoms with Gasteiger partial charge in [0.15, 0.2) is 17.3 Å². The first-order valence-electron chi connectivity index (χ1n) is 5.12. The molecule has 88 valence electrons. The van der Waals surface area contributed by atoms with Crippen LogP contribution in [0.5, 0.6) is 11.5 Å². The number of phenols is 2. The summed E-state index contributed by atoms with van der Waals surface area (Å²) < 4.78 is 13.6. The van der Waals surface area contributed by atoms with Crippen molar-refractivity contribution in [1.82, 2.24) is 0 Å². The molecule has 0 radical (unpaired) electrons. The minimum atomic E-state index is -0.834. The molecule has 1 aromatic rings. The van der Waals surface area contributed by atoms with Crippen molar-refractivity contribution in [2.45, 2.75) is 24.7 Å². The summed E-state index contributed by atoms with van der Waals surface area (Å²) in [7, 11) is 0. The van der Waals surface area contributed by atoms with Crippen LogP contribution in [0, 0.1) is 5.82 Å². The van der Waals surface area contributed by atoms with E-state index in [9.17, 15) is 14.6 Å². The van der Waals surface area contributed by atoms with Crippen molar-refractivity contribution in [3.8, 4) is 11.5 Å². The first-order valence-corrected chi connectivity index (χ1v) is 5.91. The van der Waals surface area contributed by atoms with E-state index in [1.54, 1.807) is 0 Å². The molecule has 0 amide bonds. The Balaban J connectivity index is 2.60.